The average molecular weight is 243 g/mol. The second kappa shape index (κ2) is 17.5. The Morgan fingerprint density at radius 2 is 1.00 bits per heavy atom. The largest absolute Gasteiger partial charge is 0.316 e. The summed E-state index contributed by atoms with van der Waals surface area (Å²) in [7, 11) is 0. The molecule has 0 amide bonds. The van der Waals surface area contributed by atoms with E-state index in [2.05, 4.69) is 0 Å². The molecule has 0 unspecified atom stereocenters. The molecule has 0 aromatic heterocycles. The van der Waals surface area contributed by atoms with Gasteiger partial charge in [-0.15, -0.1) is 0 Å². The summed E-state index contributed by atoms with van der Waals surface area (Å²) < 4.78 is 0. The van der Waals surface area contributed by atoms with Gasteiger partial charge in [0.05, 0.1) is 0 Å². The summed E-state index contributed by atoms with van der Waals surface area (Å²) >= 11 is 0. The molecule has 0 aliphatic rings. The molecule has 0 saturated heterocycles. The van der Waals surface area contributed by atoms with E-state index in [1.54, 1.807) is 0 Å². The van der Waals surface area contributed by atoms with Crippen molar-refractivity contribution in [1.29, 1.82) is 0 Å². The van der Waals surface area contributed by atoms with Gasteiger partial charge in [0.2, 0.25) is 0 Å². The predicted molar refractivity (Wildman–Crippen MR) is 8.54 cm³/mol. The van der Waals surface area contributed by atoms with Gasteiger partial charge in [0.1, 0.15) is 0 Å². The quantitative estimate of drug-likeness (QED) is 0.483. The van der Waals surface area contributed by atoms with Crippen LogP contribution < -0.4 is 0 Å². The van der Waals surface area contributed by atoms with Gasteiger partial charge < -0.3 is 0 Å². The Hall–Kier alpha value is 2.60. The molecular weight excluding hydrogens is 241 g/mol. The molecule has 0 rings (SSSR count). The Morgan fingerprint density at radius 3 is 1.00 bits per heavy atom. The van der Waals surface area contributed by atoms with E-state index in [0.717, 1.165) is 0 Å². The Morgan fingerprint density at radius 1 is 1.00 bits per heavy atom. The summed E-state index contributed by atoms with van der Waals surface area (Å²) in [5.74, 6) is 0. The SMILES string of the molecule is [Fe].[MgH2].[Mo].[Zn]. The normalized spacial score (nSPS) is 0. The fourth-order valence-corrected chi connectivity index (χ4v) is 0. The first-order valence-corrected chi connectivity index (χ1v) is 0. The van der Waals surface area contributed by atoms with Crippen LogP contribution >= 0.6 is 0 Å². The maximum absolute atomic E-state index is 0. The van der Waals surface area contributed by atoms with Gasteiger partial charge in [-0.05, 0) is 0 Å². The van der Waals surface area contributed by atoms with E-state index in [4.69, 9.17) is 0 Å². The van der Waals surface area contributed by atoms with Gasteiger partial charge in [0, 0.05) is 57.6 Å². The first-order valence-electron chi connectivity index (χ1n) is 0. The van der Waals surface area contributed by atoms with Gasteiger partial charge >= 0.3 is 23.1 Å². The van der Waals surface area contributed by atoms with Crippen LogP contribution in [-0.4, -0.2) is 23.1 Å². The molecule has 0 nitrogen and oxygen atoms in total. The van der Waals surface area contributed by atoms with Gasteiger partial charge in [-0.3, -0.25) is 0 Å². The summed E-state index contributed by atoms with van der Waals surface area (Å²) in [4.78, 5) is 0. The van der Waals surface area contributed by atoms with Crippen molar-refractivity contribution in [3.63, 3.8) is 0 Å². The topological polar surface area (TPSA) is 0 Å². The van der Waals surface area contributed by atoms with Crippen molar-refractivity contribution in [2.24, 2.45) is 0 Å². The Bertz CT molecular complexity index is 8.00. The minimum Gasteiger partial charge on any atom is 0 e. The van der Waals surface area contributed by atoms with Gasteiger partial charge in [-0.1, -0.05) is 0 Å². The smallest absolute Gasteiger partial charge is 0 e. The zero-order valence-electron chi connectivity index (χ0n) is 1.47. The molecule has 0 N–H and O–H groups in total. The van der Waals surface area contributed by atoms with Crippen LogP contribution in [0.25, 0.3) is 0 Å². The molecule has 0 aliphatic heterocycles. The summed E-state index contributed by atoms with van der Waals surface area (Å²) in [5, 5.41) is 0. The van der Waals surface area contributed by atoms with Crippen molar-refractivity contribution in [3.05, 3.63) is 0 Å². The van der Waals surface area contributed by atoms with E-state index in [9.17, 15) is 0 Å². The molecule has 4 heteroatoms. The van der Waals surface area contributed by atoms with E-state index < -0.39 is 0 Å². The monoisotopic (exact) mass is 244 g/mol. The average Bonchev–Trinajstić information content (AvgIpc) is 0. The van der Waals surface area contributed by atoms with Crippen LogP contribution in [0.2, 0.25) is 0 Å². The van der Waals surface area contributed by atoms with Gasteiger partial charge in [-0.2, -0.15) is 0 Å². The fraction of sp³-hybridized carbons (Fsp3) is 0. The molecule has 0 atom stereocenters. The molecule has 20 valence electrons. The number of rotatable bonds is 0. The Labute approximate surface area is 79.5 Å². The third-order valence-corrected chi connectivity index (χ3v) is 0. The van der Waals surface area contributed by atoms with Crippen molar-refractivity contribution < 1.29 is 57.6 Å². The van der Waals surface area contributed by atoms with Crippen molar-refractivity contribution >= 4 is 23.1 Å². The minimum absolute atomic E-state index is 0. The first kappa shape index (κ1) is 30.6. The molecule has 0 aliphatic carbocycles. The van der Waals surface area contributed by atoms with E-state index in [0.29, 0.717) is 0 Å². The van der Waals surface area contributed by atoms with Crippen molar-refractivity contribution in [2.75, 3.05) is 0 Å². The van der Waals surface area contributed by atoms with E-state index in [1.165, 1.54) is 0 Å². The third kappa shape index (κ3) is 8.82. The minimum atomic E-state index is 0. The molecule has 0 spiro atoms. The Kier molecular flexibility index (Phi) is 134. The van der Waals surface area contributed by atoms with Crippen LogP contribution in [0.3, 0.4) is 0 Å². The van der Waals surface area contributed by atoms with Crippen LogP contribution in [-0.2, 0) is 57.6 Å². The summed E-state index contributed by atoms with van der Waals surface area (Å²) in [6.07, 6.45) is 0. The summed E-state index contributed by atoms with van der Waals surface area (Å²) in [5.41, 5.74) is 0. The van der Waals surface area contributed by atoms with Gasteiger partial charge in [0.25, 0.3) is 0 Å². The maximum atomic E-state index is 0. The van der Waals surface area contributed by atoms with Crippen LogP contribution in [0.15, 0.2) is 0 Å². The molecule has 0 heterocycles. The second-order valence-electron chi connectivity index (χ2n) is 0. The van der Waals surface area contributed by atoms with E-state index in [1.807, 2.05) is 0 Å². The standard InChI is InChI=1S/Fe.Mg.Mo.Zn.2H. The molecule has 4 heavy (non-hydrogen) atoms. The zero-order chi connectivity index (χ0) is 0. The van der Waals surface area contributed by atoms with Crippen molar-refractivity contribution in [3.8, 4) is 0 Å². The predicted octanol–water partition coefficient (Wildman–Crippen LogP) is -0.924. The molecular formula is H2FeMgMoZn. The van der Waals surface area contributed by atoms with Crippen molar-refractivity contribution in [2.45, 2.75) is 0 Å². The Balaban J connectivity index is 0. The third-order valence-electron chi connectivity index (χ3n) is 0. The molecule has 0 aromatic carbocycles. The van der Waals surface area contributed by atoms with E-state index in [-0.39, 0.29) is 80.7 Å². The molecule has 0 saturated carbocycles. The van der Waals surface area contributed by atoms with Crippen molar-refractivity contribution in [1.82, 2.24) is 0 Å². The van der Waals surface area contributed by atoms with Gasteiger partial charge in [0.15, 0.2) is 0 Å². The first-order chi connectivity index (χ1) is 0. The maximum Gasteiger partial charge on any atom is 0.316 e. The molecule has 0 bridgehead atoms. The fourth-order valence-electron chi connectivity index (χ4n) is 0. The summed E-state index contributed by atoms with van der Waals surface area (Å²) in [6, 6.07) is 0. The molecule has 0 fully saturated rings. The molecule has 0 radical (unpaired) electrons. The van der Waals surface area contributed by atoms with Crippen LogP contribution in [0.4, 0.5) is 0 Å². The zero-order valence-corrected chi connectivity index (χ0v) is 7.55. The summed E-state index contributed by atoms with van der Waals surface area (Å²) in [6.45, 7) is 0. The van der Waals surface area contributed by atoms with Crippen LogP contribution in [0, 0.1) is 0 Å². The molecule has 0 aromatic rings. The van der Waals surface area contributed by atoms with Crippen LogP contribution in [0.5, 0.6) is 0 Å². The second-order valence-corrected chi connectivity index (χ2v) is 0. The number of hydrogen-bond acceptors (Lipinski definition) is 0. The van der Waals surface area contributed by atoms with Gasteiger partial charge in [-0.25, -0.2) is 0 Å². The van der Waals surface area contributed by atoms with E-state index >= 15 is 0 Å². The number of hydrogen-bond donors (Lipinski definition) is 0. The van der Waals surface area contributed by atoms with Crippen LogP contribution in [0.1, 0.15) is 0 Å².